The Morgan fingerprint density at radius 1 is 1.24 bits per heavy atom. The molecular weight excluding hydrogens is 348 g/mol. The van der Waals surface area contributed by atoms with E-state index in [9.17, 15) is 23.7 Å². The van der Waals surface area contributed by atoms with Crippen LogP contribution in [0.2, 0.25) is 0 Å². The Morgan fingerprint density at radius 3 is 2.36 bits per heavy atom. The van der Waals surface area contributed by atoms with E-state index in [1.165, 1.54) is 31.3 Å². The molecule has 9 heteroatoms. The van der Waals surface area contributed by atoms with E-state index in [1.54, 1.807) is 24.3 Å². The van der Waals surface area contributed by atoms with Crippen LogP contribution < -0.4 is 4.74 Å². The average Bonchev–Trinajstić information content (AvgIpc) is 2.60. The highest BCUT2D eigenvalue weighted by Gasteiger charge is 2.29. The summed E-state index contributed by atoms with van der Waals surface area (Å²) in [6.07, 6.45) is 0.176. The third kappa shape index (κ3) is 5.18. The fraction of sp³-hybridized carbons (Fsp3) is 0.188. The van der Waals surface area contributed by atoms with Crippen LogP contribution in [0.15, 0.2) is 54.6 Å². The number of esters is 1. The Labute approximate surface area is 146 Å². The van der Waals surface area contributed by atoms with Crippen LogP contribution in [0.4, 0.5) is 5.69 Å². The molecule has 1 unspecified atom stereocenters. The first-order valence-electron chi connectivity index (χ1n) is 7.22. The molecule has 2 aromatic carbocycles. The van der Waals surface area contributed by atoms with Gasteiger partial charge in [-0.3, -0.25) is 14.7 Å². The summed E-state index contributed by atoms with van der Waals surface area (Å²) in [7, 11) is 1.33. The van der Waals surface area contributed by atoms with Gasteiger partial charge in [0.1, 0.15) is 11.8 Å². The molecule has 25 heavy (non-hydrogen) atoms. The van der Waals surface area contributed by atoms with Crippen LogP contribution in [0.25, 0.3) is 0 Å². The monoisotopic (exact) mass is 364 g/mol. The van der Waals surface area contributed by atoms with Crippen molar-refractivity contribution in [1.82, 2.24) is 4.31 Å². The number of rotatable bonds is 7. The molecule has 2 rings (SSSR count). The van der Waals surface area contributed by atoms with Gasteiger partial charge >= 0.3 is 5.97 Å². The minimum atomic E-state index is -2.36. The van der Waals surface area contributed by atoms with Gasteiger partial charge < -0.3 is 4.74 Å². The van der Waals surface area contributed by atoms with Gasteiger partial charge in [-0.15, -0.1) is 0 Å². The molecule has 2 atom stereocenters. The number of non-ortho nitro benzene ring substituents is 1. The van der Waals surface area contributed by atoms with Crippen molar-refractivity contribution in [3.05, 3.63) is 70.3 Å². The van der Waals surface area contributed by atoms with Crippen LogP contribution in [-0.2, 0) is 22.5 Å². The summed E-state index contributed by atoms with van der Waals surface area (Å²) in [4.78, 5) is 22.5. The first-order valence-corrected chi connectivity index (χ1v) is 8.28. The highest BCUT2D eigenvalue weighted by Crippen LogP contribution is 2.19. The van der Waals surface area contributed by atoms with Gasteiger partial charge in [0.2, 0.25) is 11.3 Å². The van der Waals surface area contributed by atoms with Crippen molar-refractivity contribution in [2.24, 2.45) is 0 Å². The van der Waals surface area contributed by atoms with E-state index in [4.69, 9.17) is 4.74 Å². The Bertz CT molecular complexity index is 766. The largest absolute Gasteiger partial charge is 0.425 e. The number of carbonyl (C=O) groups is 1. The van der Waals surface area contributed by atoms with Crippen molar-refractivity contribution in [3.8, 4) is 5.75 Å². The number of nitro benzene ring substituents is 1. The van der Waals surface area contributed by atoms with Crippen LogP contribution >= 0.6 is 0 Å². The van der Waals surface area contributed by atoms with Crippen molar-refractivity contribution >= 4 is 22.9 Å². The van der Waals surface area contributed by atoms with Gasteiger partial charge in [-0.1, -0.05) is 30.3 Å². The van der Waals surface area contributed by atoms with Crippen molar-refractivity contribution in [2.75, 3.05) is 7.05 Å². The molecular formula is C16H16N2O6S. The Balaban J connectivity index is 2.16. The number of carbonyl (C=O) groups excluding carboxylic acids is 1. The minimum absolute atomic E-state index is 0.116. The molecule has 0 heterocycles. The van der Waals surface area contributed by atoms with Gasteiger partial charge in [-0.25, -0.2) is 9.00 Å². The van der Waals surface area contributed by atoms with Crippen LogP contribution in [0.3, 0.4) is 0 Å². The molecule has 0 bridgehead atoms. The summed E-state index contributed by atoms with van der Waals surface area (Å²) < 4.78 is 26.9. The molecule has 8 nitrogen and oxygen atoms in total. The highest BCUT2D eigenvalue weighted by atomic mass is 32.2. The molecule has 132 valence electrons. The van der Waals surface area contributed by atoms with Crippen molar-refractivity contribution in [2.45, 2.75) is 12.5 Å². The maximum absolute atomic E-state index is 12.4. The average molecular weight is 364 g/mol. The molecule has 0 spiro atoms. The zero-order chi connectivity index (χ0) is 18.4. The lowest BCUT2D eigenvalue weighted by Crippen LogP contribution is -2.43. The minimum Gasteiger partial charge on any atom is -0.425 e. The van der Waals surface area contributed by atoms with E-state index in [-0.39, 0.29) is 17.9 Å². The third-order valence-electron chi connectivity index (χ3n) is 3.50. The Morgan fingerprint density at radius 2 is 1.84 bits per heavy atom. The second-order valence-electron chi connectivity index (χ2n) is 5.15. The molecule has 1 N–H and O–H groups in total. The third-order valence-corrected chi connectivity index (χ3v) is 4.24. The quantitative estimate of drug-likeness (QED) is 0.265. The van der Waals surface area contributed by atoms with Crippen LogP contribution in [-0.4, -0.2) is 37.0 Å². The molecule has 0 fully saturated rings. The molecule has 0 aliphatic carbocycles. The van der Waals surface area contributed by atoms with E-state index in [0.717, 1.165) is 9.87 Å². The van der Waals surface area contributed by atoms with Crippen LogP contribution in [0, 0.1) is 10.1 Å². The fourth-order valence-electron chi connectivity index (χ4n) is 2.13. The normalized spacial score (nSPS) is 13.2. The number of hydrogen-bond donors (Lipinski definition) is 1. The van der Waals surface area contributed by atoms with Crippen molar-refractivity contribution in [3.63, 3.8) is 0 Å². The number of likely N-dealkylation sites (N-methyl/N-ethyl adjacent to an activating group) is 1. The van der Waals surface area contributed by atoms with E-state index in [1.807, 2.05) is 6.07 Å². The summed E-state index contributed by atoms with van der Waals surface area (Å²) in [5, 5.41) is 10.6. The maximum Gasteiger partial charge on any atom is 0.330 e. The van der Waals surface area contributed by atoms with E-state index in [2.05, 4.69) is 0 Å². The lowest BCUT2D eigenvalue weighted by Gasteiger charge is -2.22. The fourth-order valence-corrected chi connectivity index (χ4v) is 2.50. The molecule has 0 saturated heterocycles. The smallest absolute Gasteiger partial charge is 0.330 e. The summed E-state index contributed by atoms with van der Waals surface area (Å²) in [6, 6.07) is 13.0. The topological polar surface area (TPSA) is 110 Å². The lowest BCUT2D eigenvalue weighted by atomic mass is 10.1. The van der Waals surface area contributed by atoms with Crippen LogP contribution in [0.1, 0.15) is 5.56 Å². The predicted molar refractivity (Wildman–Crippen MR) is 91.2 cm³/mol. The van der Waals surface area contributed by atoms with Crippen molar-refractivity contribution < 1.29 is 23.2 Å². The van der Waals surface area contributed by atoms with Gasteiger partial charge in [-0.2, -0.15) is 4.31 Å². The summed E-state index contributed by atoms with van der Waals surface area (Å²) >= 11 is -2.36. The second kappa shape index (κ2) is 8.47. The number of nitro groups is 1. The number of hydrogen-bond acceptors (Lipinski definition) is 5. The number of nitrogens with zero attached hydrogens (tertiary/aromatic N) is 2. The summed E-state index contributed by atoms with van der Waals surface area (Å²) in [5.74, 6) is -0.617. The standard InChI is InChI=1S/C16H16N2O6S/c1-17(25(22)23)15(11-12-5-3-2-4-6-12)16(19)24-14-9-7-13(8-10-14)18(20)21/h2-10,15H,11H2,1H3,(H,22,23)/t15-/m0/s1. The summed E-state index contributed by atoms with van der Waals surface area (Å²) in [5.41, 5.74) is 0.666. The molecule has 0 aliphatic rings. The Hall–Kier alpha value is -2.62. The maximum atomic E-state index is 12.4. The van der Waals surface area contributed by atoms with Crippen LogP contribution in [0.5, 0.6) is 5.75 Å². The predicted octanol–water partition coefficient (Wildman–Crippen LogP) is 2.18. The summed E-state index contributed by atoms with van der Waals surface area (Å²) in [6.45, 7) is 0. The van der Waals surface area contributed by atoms with Crippen molar-refractivity contribution in [1.29, 1.82) is 0 Å². The van der Waals surface area contributed by atoms with Gasteiger partial charge in [0.15, 0.2) is 0 Å². The molecule has 0 aliphatic heterocycles. The highest BCUT2D eigenvalue weighted by molar-refractivity contribution is 7.76. The molecule has 0 radical (unpaired) electrons. The van der Waals surface area contributed by atoms with E-state index in [0.29, 0.717) is 0 Å². The van der Waals surface area contributed by atoms with Gasteiger partial charge in [0.05, 0.1) is 4.92 Å². The molecule has 2 aromatic rings. The lowest BCUT2D eigenvalue weighted by molar-refractivity contribution is -0.384. The zero-order valence-corrected chi connectivity index (χ0v) is 14.1. The first-order chi connectivity index (χ1) is 11.9. The molecule has 0 amide bonds. The SMILES string of the molecule is CN([C@@H](Cc1ccccc1)C(=O)Oc1ccc([N+](=O)[O-])cc1)S(=O)O. The van der Waals surface area contributed by atoms with Gasteiger partial charge in [0.25, 0.3) is 5.69 Å². The molecule has 0 aromatic heterocycles. The van der Waals surface area contributed by atoms with Gasteiger partial charge in [-0.05, 0) is 24.1 Å². The second-order valence-corrected chi connectivity index (χ2v) is 6.19. The van der Waals surface area contributed by atoms with E-state index >= 15 is 0 Å². The van der Waals surface area contributed by atoms with E-state index < -0.39 is 28.2 Å². The molecule has 0 saturated carbocycles. The van der Waals surface area contributed by atoms with Gasteiger partial charge in [0, 0.05) is 19.2 Å². The number of benzene rings is 2. The first kappa shape index (κ1) is 18.7. The Kier molecular flexibility index (Phi) is 6.34. The number of ether oxygens (including phenoxy) is 1. The zero-order valence-electron chi connectivity index (χ0n) is 13.3.